The number of carbonyl (C=O) groups excluding carboxylic acids is 1. The lowest BCUT2D eigenvalue weighted by atomic mass is 9.80. The molecule has 0 aromatic heterocycles. The maximum atomic E-state index is 12.0. The molecule has 1 atom stereocenters. The van der Waals surface area contributed by atoms with E-state index in [0.29, 0.717) is 11.4 Å². The summed E-state index contributed by atoms with van der Waals surface area (Å²) in [5, 5.41) is 0. The van der Waals surface area contributed by atoms with Gasteiger partial charge in [-0.25, -0.2) is 0 Å². The van der Waals surface area contributed by atoms with E-state index in [1.807, 2.05) is 11.8 Å². The van der Waals surface area contributed by atoms with Crippen molar-refractivity contribution < 1.29 is 9.53 Å². The van der Waals surface area contributed by atoms with Crippen LogP contribution < -0.4 is 5.73 Å². The average Bonchev–Trinajstić information content (AvgIpc) is 2.36. The Balaban J connectivity index is 2.38. The van der Waals surface area contributed by atoms with Gasteiger partial charge < -0.3 is 15.4 Å². The number of amides is 1. The maximum Gasteiger partial charge on any atom is 0.222 e. The molecule has 18 heavy (non-hydrogen) atoms. The fourth-order valence-corrected chi connectivity index (χ4v) is 2.30. The predicted molar refractivity (Wildman–Crippen MR) is 76.4 cm³/mol. The lowest BCUT2D eigenvalue weighted by Crippen LogP contribution is -2.46. The van der Waals surface area contributed by atoms with Crippen LogP contribution in [0.5, 0.6) is 0 Å². The summed E-state index contributed by atoms with van der Waals surface area (Å²) in [6.07, 6.45) is 3.21. The van der Waals surface area contributed by atoms with Gasteiger partial charge in [-0.3, -0.25) is 4.79 Å². The highest BCUT2D eigenvalue weighted by molar-refractivity contribution is 7.80. The molecule has 1 saturated heterocycles. The number of nitrogens with two attached hydrogens (primary N) is 1. The number of nitrogens with zero attached hydrogens (tertiary/aromatic N) is 1. The molecule has 1 aliphatic rings. The first-order valence-corrected chi connectivity index (χ1v) is 6.90. The van der Waals surface area contributed by atoms with Crippen molar-refractivity contribution in [2.45, 2.75) is 45.6 Å². The van der Waals surface area contributed by atoms with Crippen LogP contribution in [0, 0.1) is 5.41 Å². The number of methoxy groups -OCH3 is 1. The minimum Gasteiger partial charge on any atom is -0.393 e. The molecule has 1 heterocycles. The van der Waals surface area contributed by atoms with Crippen molar-refractivity contribution in [1.29, 1.82) is 0 Å². The van der Waals surface area contributed by atoms with E-state index in [9.17, 15) is 4.79 Å². The summed E-state index contributed by atoms with van der Waals surface area (Å²) < 4.78 is 5.15. The Kier molecular flexibility index (Phi) is 5.53. The van der Waals surface area contributed by atoms with Gasteiger partial charge in [0.2, 0.25) is 5.91 Å². The number of hydrogen-bond donors (Lipinski definition) is 1. The smallest absolute Gasteiger partial charge is 0.222 e. The van der Waals surface area contributed by atoms with Crippen LogP contribution in [0.3, 0.4) is 0 Å². The zero-order valence-corrected chi connectivity index (χ0v) is 12.4. The molecule has 0 spiro atoms. The predicted octanol–water partition coefficient (Wildman–Crippen LogP) is 1.72. The van der Waals surface area contributed by atoms with Crippen molar-refractivity contribution in [2.75, 3.05) is 20.2 Å². The van der Waals surface area contributed by atoms with Gasteiger partial charge in [-0.05, 0) is 26.2 Å². The number of carbonyl (C=O) groups is 1. The Morgan fingerprint density at radius 3 is 2.50 bits per heavy atom. The van der Waals surface area contributed by atoms with E-state index in [1.54, 1.807) is 7.11 Å². The second-order valence-electron chi connectivity index (χ2n) is 5.39. The van der Waals surface area contributed by atoms with E-state index in [0.717, 1.165) is 32.4 Å². The summed E-state index contributed by atoms with van der Waals surface area (Å²) >= 11 is 5.09. The third kappa shape index (κ3) is 3.92. The monoisotopic (exact) mass is 272 g/mol. The third-order valence-electron chi connectivity index (χ3n) is 3.98. The summed E-state index contributed by atoms with van der Waals surface area (Å²) in [6, 6.07) is 0. The molecule has 0 radical (unpaired) electrons. The van der Waals surface area contributed by atoms with Crippen molar-refractivity contribution in [1.82, 2.24) is 4.90 Å². The van der Waals surface area contributed by atoms with Gasteiger partial charge in [-0.1, -0.05) is 19.1 Å². The summed E-state index contributed by atoms with van der Waals surface area (Å²) in [4.78, 5) is 14.5. The topological polar surface area (TPSA) is 55.6 Å². The Morgan fingerprint density at radius 1 is 1.50 bits per heavy atom. The van der Waals surface area contributed by atoms with Crippen molar-refractivity contribution in [3.8, 4) is 0 Å². The summed E-state index contributed by atoms with van der Waals surface area (Å²) in [6.45, 7) is 5.58. The van der Waals surface area contributed by atoms with E-state index < -0.39 is 0 Å². The molecule has 104 valence electrons. The molecule has 4 nitrogen and oxygen atoms in total. The second-order valence-corrected chi connectivity index (χ2v) is 5.83. The van der Waals surface area contributed by atoms with Crippen LogP contribution in [0.1, 0.15) is 39.5 Å². The molecule has 0 bridgehead atoms. The first kappa shape index (κ1) is 15.4. The zero-order chi connectivity index (χ0) is 13.8. The lowest BCUT2D eigenvalue weighted by Gasteiger charge is -2.38. The number of thiocarbonyl (C=S) groups is 1. The number of rotatable bonds is 5. The molecule has 0 saturated carbocycles. The van der Waals surface area contributed by atoms with Crippen molar-refractivity contribution in [2.24, 2.45) is 11.1 Å². The standard InChI is InChI=1S/C13H24N2O2S/c1-10(17-3)4-5-11(16)15-8-6-13(2,7-9-15)12(14)18/h10H,4-9H2,1-3H3,(H2,14,18). The number of piperidine rings is 1. The SMILES string of the molecule is COC(C)CCC(=O)N1CCC(C)(C(N)=S)CC1. The van der Waals surface area contributed by atoms with Gasteiger partial charge in [0.1, 0.15) is 0 Å². The van der Waals surface area contributed by atoms with E-state index in [-0.39, 0.29) is 17.4 Å². The van der Waals surface area contributed by atoms with E-state index in [2.05, 4.69) is 6.92 Å². The minimum atomic E-state index is -0.0774. The van der Waals surface area contributed by atoms with Gasteiger partial charge in [0, 0.05) is 32.0 Å². The van der Waals surface area contributed by atoms with Crippen molar-refractivity contribution in [3.05, 3.63) is 0 Å². The lowest BCUT2D eigenvalue weighted by molar-refractivity contribution is -0.133. The van der Waals surface area contributed by atoms with Crippen LogP contribution in [-0.4, -0.2) is 42.1 Å². The van der Waals surface area contributed by atoms with Gasteiger partial charge >= 0.3 is 0 Å². The quantitative estimate of drug-likeness (QED) is 0.774. The van der Waals surface area contributed by atoms with Gasteiger partial charge in [-0.2, -0.15) is 0 Å². The molecule has 1 fully saturated rings. The summed E-state index contributed by atoms with van der Waals surface area (Å²) in [7, 11) is 1.67. The maximum absolute atomic E-state index is 12.0. The highest BCUT2D eigenvalue weighted by Gasteiger charge is 2.33. The van der Waals surface area contributed by atoms with Gasteiger partial charge in [0.25, 0.3) is 0 Å². The zero-order valence-electron chi connectivity index (χ0n) is 11.6. The Morgan fingerprint density at radius 2 is 2.06 bits per heavy atom. The largest absolute Gasteiger partial charge is 0.393 e. The number of hydrogen-bond acceptors (Lipinski definition) is 3. The highest BCUT2D eigenvalue weighted by atomic mass is 32.1. The molecule has 0 aromatic carbocycles. The van der Waals surface area contributed by atoms with Crippen LogP contribution in [0.15, 0.2) is 0 Å². The van der Waals surface area contributed by atoms with Gasteiger partial charge in [-0.15, -0.1) is 0 Å². The summed E-state index contributed by atoms with van der Waals surface area (Å²) in [5.74, 6) is 0.212. The van der Waals surface area contributed by atoms with Crippen LogP contribution in [0.25, 0.3) is 0 Å². The molecule has 5 heteroatoms. The van der Waals surface area contributed by atoms with Crippen molar-refractivity contribution in [3.63, 3.8) is 0 Å². The summed E-state index contributed by atoms with van der Waals surface area (Å²) in [5.41, 5.74) is 5.67. The first-order chi connectivity index (χ1) is 8.39. The fraction of sp³-hybridized carbons (Fsp3) is 0.846. The normalized spacial score (nSPS) is 20.5. The second kappa shape index (κ2) is 6.48. The first-order valence-electron chi connectivity index (χ1n) is 6.49. The third-order valence-corrected chi connectivity index (χ3v) is 4.47. The molecule has 1 amide bonds. The Bertz CT molecular complexity index is 312. The molecular formula is C13H24N2O2S. The average molecular weight is 272 g/mol. The van der Waals surface area contributed by atoms with E-state index in [1.165, 1.54) is 0 Å². The molecule has 0 aromatic rings. The van der Waals surface area contributed by atoms with Crippen LogP contribution in [-0.2, 0) is 9.53 Å². The fourth-order valence-electron chi connectivity index (χ4n) is 2.10. The number of likely N-dealkylation sites (tertiary alicyclic amines) is 1. The van der Waals surface area contributed by atoms with Crippen LogP contribution in [0.2, 0.25) is 0 Å². The molecule has 1 aliphatic heterocycles. The minimum absolute atomic E-state index is 0.0774. The van der Waals surface area contributed by atoms with Crippen LogP contribution in [0.4, 0.5) is 0 Å². The van der Waals surface area contributed by atoms with E-state index in [4.69, 9.17) is 22.7 Å². The van der Waals surface area contributed by atoms with Gasteiger partial charge in [0.15, 0.2) is 0 Å². The Labute approximate surface area is 115 Å². The van der Waals surface area contributed by atoms with Crippen molar-refractivity contribution >= 4 is 23.1 Å². The molecule has 2 N–H and O–H groups in total. The highest BCUT2D eigenvalue weighted by Crippen LogP contribution is 2.31. The van der Waals surface area contributed by atoms with Gasteiger partial charge in [0.05, 0.1) is 11.1 Å². The number of ether oxygens (including phenoxy) is 1. The molecule has 1 rings (SSSR count). The molecule has 0 aliphatic carbocycles. The Hall–Kier alpha value is -0.680. The molecule has 1 unspecified atom stereocenters. The van der Waals surface area contributed by atoms with E-state index >= 15 is 0 Å². The van der Waals surface area contributed by atoms with Crippen LogP contribution >= 0.6 is 12.2 Å². The molecular weight excluding hydrogens is 248 g/mol.